The van der Waals surface area contributed by atoms with E-state index in [-0.39, 0.29) is 17.9 Å². The number of nitrogens with one attached hydrogen (secondary N) is 1. The number of carbonyl (C=O) groups excluding carboxylic acids is 1. The second-order valence-corrected chi connectivity index (χ2v) is 6.38. The maximum absolute atomic E-state index is 11.8. The summed E-state index contributed by atoms with van der Waals surface area (Å²) in [4.78, 5) is 22.4. The van der Waals surface area contributed by atoms with Gasteiger partial charge in [-0.3, -0.25) is 9.69 Å². The molecule has 1 aliphatic heterocycles. The van der Waals surface area contributed by atoms with Gasteiger partial charge in [0.05, 0.1) is 29.6 Å². The number of aromatic nitrogens is 2. The minimum atomic E-state index is -0.0426. The van der Waals surface area contributed by atoms with Gasteiger partial charge in [0.2, 0.25) is 0 Å². The van der Waals surface area contributed by atoms with Crippen LogP contribution in [0.5, 0.6) is 0 Å². The molecule has 1 unspecified atom stereocenters. The predicted octanol–water partition coefficient (Wildman–Crippen LogP) is 3.21. The molecule has 1 aliphatic rings. The molecular formula is C18H25N3O2. The van der Waals surface area contributed by atoms with Crippen molar-refractivity contribution in [3.05, 3.63) is 29.6 Å². The highest BCUT2D eigenvalue weighted by atomic mass is 16.5. The maximum atomic E-state index is 11.8. The lowest BCUT2D eigenvalue weighted by molar-refractivity contribution is -0.149. The zero-order valence-electron chi connectivity index (χ0n) is 14.1. The number of carbonyl (C=O) groups is 1. The molecule has 23 heavy (non-hydrogen) atoms. The van der Waals surface area contributed by atoms with E-state index < -0.39 is 0 Å². The molecule has 0 bridgehead atoms. The molecule has 2 aromatic rings. The number of hydrogen-bond donors (Lipinski definition) is 1. The lowest BCUT2D eigenvalue weighted by atomic mass is 9.96. The summed E-state index contributed by atoms with van der Waals surface area (Å²) in [6.07, 6.45) is 1.73. The van der Waals surface area contributed by atoms with Crippen LogP contribution >= 0.6 is 0 Å². The minimum Gasteiger partial charge on any atom is -0.466 e. The molecule has 1 aromatic heterocycles. The second-order valence-electron chi connectivity index (χ2n) is 6.38. The number of hydrogen-bond acceptors (Lipinski definition) is 4. The van der Waals surface area contributed by atoms with Gasteiger partial charge in [0.1, 0.15) is 5.82 Å². The molecule has 0 spiro atoms. The molecule has 1 N–H and O–H groups in total. The Hall–Kier alpha value is -1.88. The SMILES string of the molecule is CCOC(=O)C1CCN(C(C)c2nc3ccc(C)cc3[nH]2)CC1. The van der Waals surface area contributed by atoms with Gasteiger partial charge >= 0.3 is 5.97 Å². The first-order chi connectivity index (χ1) is 11.1. The van der Waals surface area contributed by atoms with Crippen molar-refractivity contribution in [2.24, 2.45) is 5.92 Å². The first kappa shape index (κ1) is 16.0. The van der Waals surface area contributed by atoms with Gasteiger partial charge in [-0.1, -0.05) is 6.07 Å². The molecule has 0 amide bonds. The fourth-order valence-electron chi connectivity index (χ4n) is 3.30. The molecule has 124 valence electrons. The van der Waals surface area contributed by atoms with Crippen LogP contribution in [0.3, 0.4) is 0 Å². The Labute approximate surface area is 137 Å². The van der Waals surface area contributed by atoms with Crippen molar-refractivity contribution in [2.45, 2.75) is 39.7 Å². The van der Waals surface area contributed by atoms with E-state index in [2.05, 4.69) is 41.9 Å². The summed E-state index contributed by atoms with van der Waals surface area (Å²) in [5.74, 6) is 1.01. The number of benzene rings is 1. The average Bonchev–Trinajstić information content (AvgIpc) is 2.97. The van der Waals surface area contributed by atoms with Crippen molar-refractivity contribution in [1.82, 2.24) is 14.9 Å². The Kier molecular flexibility index (Phi) is 4.66. The van der Waals surface area contributed by atoms with E-state index in [0.717, 1.165) is 42.8 Å². The zero-order valence-corrected chi connectivity index (χ0v) is 14.1. The topological polar surface area (TPSA) is 58.2 Å². The third kappa shape index (κ3) is 3.39. The molecule has 0 aliphatic carbocycles. The standard InChI is InChI=1S/C18H25N3O2/c1-4-23-18(22)14-7-9-21(10-8-14)13(3)17-19-15-6-5-12(2)11-16(15)20-17/h5-6,11,13-14H,4,7-10H2,1-3H3,(H,19,20). The minimum absolute atomic E-state index is 0.0426. The molecule has 1 fully saturated rings. The van der Waals surface area contributed by atoms with Crippen LogP contribution in [0.1, 0.15) is 44.1 Å². The highest BCUT2D eigenvalue weighted by Crippen LogP contribution is 2.27. The smallest absolute Gasteiger partial charge is 0.309 e. The van der Waals surface area contributed by atoms with Gasteiger partial charge < -0.3 is 9.72 Å². The number of nitrogens with zero attached hydrogens (tertiary/aromatic N) is 2. The number of piperidine rings is 1. The second kappa shape index (κ2) is 6.71. The number of ether oxygens (including phenoxy) is 1. The van der Waals surface area contributed by atoms with Crippen molar-refractivity contribution in [3.63, 3.8) is 0 Å². The average molecular weight is 315 g/mol. The van der Waals surface area contributed by atoms with Crippen LogP contribution < -0.4 is 0 Å². The van der Waals surface area contributed by atoms with Crippen molar-refractivity contribution < 1.29 is 9.53 Å². The van der Waals surface area contributed by atoms with Crippen molar-refractivity contribution in [1.29, 1.82) is 0 Å². The Morgan fingerprint density at radius 3 is 2.87 bits per heavy atom. The summed E-state index contributed by atoms with van der Waals surface area (Å²) < 4.78 is 5.14. The van der Waals surface area contributed by atoms with Crippen molar-refractivity contribution in [3.8, 4) is 0 Å². The third-order valence-corrected chi connectivity index (χ3v) is 4.75. The highest BCUT2D eigenvalue weighted by molar-refractivity contribution is 5.76. The van der Waals surface area contributed by atoms with Crippen LogP contribution in [0.4, 0.5) is 0 Å². The molecule has 5 nitrogen and oxygen atoms in total. The Balaban J connectivity index is 1.66. The highest BCUT2D eigenvalue weighted by Gasteiger charge is 2.29. The molecule has 1 saturated heterocycles. The van der Waals surface area contributed by atoms with E-state index in [9.17, 15) is 4.79 Å². The van der Waals surface area contributed by atoms with Gasteiger partial charge in [0, 0.05) is 0 Å². The summed E-state index contributed by atoms with van der Waals surface area (Å²) in [7, 11) is 0. The van der Waals surface area contributed by atoms with E-state index in [4.69, 9.17) is 9.72 Å². The molecule has 0 radical (unpaired) electrons. The molecule has 1 aromatic carbocycles. The Bertz CT molecular complexity index is 687. The van der Waals surface area contributed by atoms with Crippen LogP contribution in [0.15, 0.2) is 18.2 Å². The van der Waals surface area contributed by atoms with Crippen molar-refractivity contribution >= 4 is 17.0 Å². The van der Waals surface area contributed by atoms with Gasteiger partial charge in [-0.25, -0.2) is 4.98 Å². The number of rotatable bonds is 4. The fourth-order valence-corrected chi connectivity index (χ4v) is 3.30. The van der Waals surface area contributed by atoms with Gasteiger partial charge in [0.25, 0.3) is 0 Å². The Morgan fingerprint density at radius 1 is 1.43 bits per heavy atom. The lowest BCUT2D eigenvalue weighted by Crippen LogP contribution is -2.38. The monoisotopic (exact) mass is 315 g/mol. The number of fused-ring (bicyclic) bond motifs is 1. The van der Waals surface area contributed by atoms with Crippen LogP contribution in [0, 0.1) is 12.8 Å². The van der Waals surface area contributed by atoms with Crippen LogP contribution in [-0.2, 0) is 9.53 Å². The number of imidazole rings is 1. The van der Waals surface area contributed by atoms with Gasteiger partial charge in [-0.15, -0.1) is 0 Å². The van der Waals surface area contributed by atoms with Crippen molar-refractivity contribution in [2.75, 3.05) is 19.7 Å². The maximum Gasteiger partial charge on any atom is 0.309 e. The summed E-state index contributed by atoms with van der Waals surface area (Å²) in [5.41, 5.74) is 3.34. The summed E-state index contributed by atoms with van der Waals surface area (Å²) in [5, 5.41) is 0. The van der Waals surface area contributed by atoms with Gasteiger partial charge in [-0.2, -0.15) is 0 Å². The normalized spacial score (nSPS) is 18.2. The summed E-state index contributed by atoms with van der Waals surface area (Å²) >= 11 is 0. The van der Waals surface area contributed by atoms with E-state index in [0.29, 0.717) is 6.61 Å². The molecule has 1 atom stereocenters. The summed E-state index contributed by atoms with van der Waals surface area (Å²) in [6, 6.07) is 6.50. The number of aryl methyl sites for hydroxylation is 1. The Morgan fingerprint density at radius 2 is 2.17 bits per heavy atom. The number of esters is 1. The number of aromatic amines is 1. The number of H-pyrrole nitrogens is 1. The lowest BCUT2D eigenvalue weighted by Gasteiger charge is -2.34. The zero-order chi connectivity index (χ0) is 16.4. The van der Waals surface area contributed by atoms with Crippen LogP contribution in [0.25, 0.3) is 11.0 Å². The van der Waals surface area contributed by atoms with E-state index in [1.807, 2.05) is 6.92 Å². The molecule has 2 heterocycles. The molecule has 3 rings (SSSR count). The van der Waals surface area contributed by atoms with E-state index in [1.54, 1.807) is 0 Å². The van der Waals surface area contributed by atoms with Crippen LogP contribution in [-0.4, -0.2) is 40.5 Å². The van der Waals surface area contributed by atoms with E-state index in [1.165, 1.54) is 5.56 Å². The molecular weight excluding hydrogens is 290 g/mol. The number of likely N-dealkylation sites (tertiary alicyclic amines) is 1. The largest absolute Gasteiger partial charge is 0.466 e. The molecule has 5 heteroatoms. The van der Waals surface area contributed by atoms with Crippen LogP contribution in [0.2, 0.25) is 0 Å². The van der Waals surface area contributed by atoms with Gasteiger partial charge in [-0.05, 0) is 64.4 Å². The predicted molar refractivity (Wildman–Crippen MR) is 90.2 cm³/mol. The third-order valence-electron chi connectivity index (χ3n) is 4.75. The molecule has 0 saturated carbocycles. The summed E-state index contributed by atoms with van der Waals surface area (Å²) in [6.45, 7) is 8.40. The van der Waals surface area contributed by atoms with E-state index >= 15 is 0 Å². The fraction of sp³-hybridized carbons (Fsp3) is 0.556. The quantitative estimate of drug-likeness (QED) is 0.880. The first-order valence-corrected chi connectivity index (χ1v) is 8.45. The van der Waals surface area contributed by atoms with Gasteiger partial charge in [0.15, 0.2) is 0 Å². The first-order valence-electron chi connectivity index (χ1n) is 8.45.